The van der Waals surface area contributed by atoms with Gasteiger partial charge < -0.3 is 5.32 Å². The van der Waals surface area contributed by atoms with Crippen LogP contribution in [0.25, 0.3) is 0 Å². The average Bonchev–Trinajstić information content (AvgIpc) is 2.40. The van der Waals surface area contributed by atoms with Crippen LogP contribution in [0.15, 0.2) is 48.1 Å². The second-order valence-corrected chi connectivity index (χ2v) is 9.66. The van der Waals surface area contributed by atoms with Gasteiger partial charge in [-0.3, -0.25) is 4.79 Å². The van der Waals surface area contributed by atoms with Crippen molar-refractivity contribution in [2.45, 2.75) is 68.7 Å². The van der Waals surface area contributed by atoms with E-state index in [4.69, 9.17) is 0 Å². The summed E-state index contributed by atoms with van der Waals surface area (Å²) < 4.78 is 0. The molecular weight excluding hydrogens is 306 g/mol. The Kier molecular flexibility index (Phi) is 8.14. The molecule has 0 spiro atoms. The van der Waals surface area contributed by atoms with Gasteiger partial charge in [-0.05, 0) is 36.7 Å². The van der Waals surface area contributed by atoms with Gasteiger partial charge in [0.15, 0.2) is 0 Å². The molecule has 1 amide bonds. The number of carbonyl (C=O) groups excluding carboxylic acids is 1. The quantitative estimate of drug-likeness (QED) is 0.545. The normalized spacial score (nSPS) is 16.2. The Hall–Kier alpha value is -1.57. The third-order valence-electron chi connectivity index (χ3n) is 4.66. The summed E-state index contributed by atoms with van der Waals surface area (Å²) >= 11 is 0. The number of nitrogens with one attached hydrogen (secondary N) is 1. The van der Waals surface area contributed by atoms with Crippen LogP contribution >= 0.6 is 0 Å². The molecule has 1 atom stereocenters. The summed E-state index contributed by atoms with van der Waals surface area (Å²) in [4.78, 5) is 13.1. The van der Waals surface area contributed by atoms with E-state index >= 15 is 0 Å². The number of hydrogen-bond donors (Lipinski definition) is 1. The van der Waals surface area contributed by atoms with Crippen molar-refractivity contribution in [2.75, 3.05) is 6.54 Å². The summed E-state index contributed by atoms with van der Waals surface area (Å²) in [6.45, 7) is 27.3. The van der Waals surface area contributed by atoms with Crippen LogP contribution in [0.2, 0.25) is 0 Å². The molecule has 0 heterocycles. The predicted molar refractivity (Wildman–Crippen MR) is 111 cm³/mol. The van der Waals surface area contributed by atoms with Crippen molar-refractivity contribution >= 4 is 5.91 Å². The van der Waals surface area contributed by atoms with Gasteiger partial charge in [0.1, 0.15) is 0 Å². The maximum Gasteiger partial charge on any atom is 0.226 e. The molecule has 0 aliphatic heterocycles. The van der Waals surface area contributed by atoms with E-state index in [-0.39, 0.29) is 16.7 Å². The van der Waals surface area contributed by atoms with E-state index in [1.54, 1.807) is 0 Å². The lowest BCUT2D eigenvalue weighted by Gasteiger charge is -2.44. The molecule has 0 fully saturated rings. The molecule has 0 rings (SSSR count). The first kappa shape index (κ1) is 23.4. The summed E-state index contributed by atoms with van der Waals surface area (Å²) in [7, 11) is 0. The first-order valence-electron chi connectivity index (χ1n) is 9.07. The fraction of sp³-hybridized carbons (Fsp3) is 0.609. The van der Waals surface area contributed by atoms with Crippen molar-refractivity contribution in [3.05, 3.63) is 48.1 Å². The smallest absolute Gasteiger partial charge is 0.226 e. The minimum Gasteiger partial charge on any atom is -0.352 e. The highest BCUT2D eigenvalue weighted by molar-refractivity contribution is 5.83. The Morgan fingerprint density at radius 1 is 1.00 bits per heavy atom. The molecule has 0 aromatic rings. The lowest BCUT2D eigenvalue weighted by atomic mass is 9.61. The van der Waals surface area contributed by atoms with Gasteiger partial charge in [0.05, 0.1) is 5.41 Å². The van der Waals surface area contributed by atoms with Crippen LogP contribution < -0.4 is 5.32 Å². The molecule has 2 nitrogen and oxygen atoms in total. The Balaban J connectivity index is 5.49. The summed E-state index contributed by atoms with van der Waals surface area (Å²) in [6, 6.07) is 0. The van der Waals surface area contributed by atoms with Crippen LogP contribution in [0.4, 0.5) is 0 Å². The Bertz CT molecular complexity index is 564. The molecule has 25 heavy (non-hydrogen) atoms. The van der Waals surface area contributed by atoms with Crippen molar-refractivity contribution < 1.29 is 4.79 Å². The van der Waals surface area contributed by atoms with E-state index in [2.05, 4.69) is 66.9 Å². The molecule has 0 aromatic carbocycles. The second kappa shape index (κ2) is 8.69. The van der Waals surface area contributed by atoms with E-state index in [9.17, 15) is 4.79 Å². The van der Waals surface area contributed by atoms with Crippen molar-refractivity contribution in [3.63, 3.8) is 0 Å². The summed E-state index contributed by atoms with van der Waals surface area (Å²) in [5, 5.41) is 3.16. The van der Waals surface area contributed by atoms with Gasteiger partial charge in [-0.25, -0.2) is 0 Å². The Morgan fingerprint density at radius 2 is 1.52 bits per heavy atom. The number of hydrogen-bond acceptors (Lipinski definition) is 1. The highest BCUT2D eigenvalue weighted by Crippen LogP contribution is 2.46. The van der Waals surface area contributed by atoms with E-state index < -0.39 is 5.41 Å². The molecule has 0 radical (unpaired) electrons. The van der Waals surface area contributed by atoms with E-state index in [0.29, 0.717) is 6.54 Å². The maximum atomic E-state index is 13.1. The Morgan fingerprint density at radius 3 is 1.88 bits per heavy atom. The fourth-order valence-electron chi connectivity index (χ4n) is 2.94. The summed E-state index contributed by atoms with van der Waals surface area (Å²) in [5.74, 6) is 0.104. The monoisotopic (exact) mass is 345 g/mol. The van der Waals surface area contributed by atoms with E-state index in [0.717, 1.165) is 23.1 Å². The average molecular weight is 346 g/mol. The van der Waals surface area contributed by atoms with Gasteiger partial charge in [-0.1, -0.05) is 91.0 Å². The highest BCUT2D eigenvalue weighted by Gasteiger charge is 2.46. The van der Waals surface area contributed by atoms with Crippen molar-refractivity contribution in [3.8, 4) is 0 Å². The standard InChI is InChI=1S/C23H39NO/c1-12-18(4)14-19(13-17(2)3)15-24-20(25)23(11,22(8,9)10)16-21(5,6)7/h12-14H,1-2,15-16H2,3-11H3,(H,24,25)/b18-14-,19-13+. The minimum atomic E-state index is -0.448. The minimum absolute atomic E-state index is 0.0784. The van der Waals surface area contributed by atoms with Crippen LogP contribution in [-0.4, -0.2) is 12.5 Å². The number of rotatable bonds is 7. The number of allylic oxidation sites excluding steroid dienone is 4. The molecule has 0 saturated heterocycles. The van der Waals surface area contributed by atoms with Gasteiger partial charge in [0.2, 0.25) is 5.91 Å². The van der Waals surface area contributed by atoms with Crippen molar-refractivity contribution in [1.82, 2.24) is 5.32 Å². The molecule has 0 bridgehead atoms. The molecule has 1 unspecified atom stereocenters. The molecule has 2 heteroatoms. The number of carbonyl (C=O) groups is 1. The largest absolute Gasteiger partial charge is 0.352 e. The van der Waals surface area contributed by atoms with Crippen LogP contribution in [-0.2, 0) is 4.79 Å². The maximum absolute atomic E-state index is 13.1. The van der Waals surface area contributed by atoms with Crippen LogP contribution in [0.1, 0.15) is 68.7 Å². The van der Waals surface area contributed by atoms with Gasteiger partial charge in [-0.2, -0.15) is 0 Å². The molecule has 0 aliphatic carbocycles. The van der Waals surface area contributed by atoms with Gasteiger partial charge in [0, 0.05) is 6.54 Å². The zero-order valence-corrected chi connectivity index (χ0v) is 18.0. The first-order valence-corrected chi connectivity index (χ1v) is 9.07. The number of amides is 1. The van der Waals surface area contributed by atoms with Crippen molar-refractivity contribution in [2.24, 2.45) is 16.2 Å². The summed E-state index contributed by atoms with van der Waals surface area (Å²) in [6.07, 6.45) is 6.69. The highest BCUT2D eigenvalue weighted by atomic mass is 16.2. The van der Waals surface area contributed by atoms with E-state index in [1.807, 2.05) is 32.1 Å². The summed E-state index contributed by atoms with van der Waals surface area (Å²) in [5.41, 5.74) is 2.56. The zero-order chi connectivity index (χ0) is 20.1. The third-order valence-corrected chi connectivity index (χ3v) is 4.66. The zero-order valence-electron chi connectivity index (χ0n) is 18.0. The van der Waals surface area contributed by atoms with Crippen molar-refractivity contribution in [1.29, 1.82) is 0 Å². The molecule has 0 saturated carbocycles. The lowest BCUT2D eigenvalue weighted by Crippen LogP contribution is -2.49. The van der Waals surface area contributed by atoms with Gasteiger partial charge >= 0.3 is 0 Å². The van der Waals surface area contributed by atoms with Gasteiger partial charge in [-0.15, -0.1) is 0 Å². The topological polar surface area (TPSA) is 29.1 Å². The third kappa shape index (κ3) is 7.90. The Labute approximate surface area is 156 Å². The molecule has 142 valence electrons. The first-order chi connectivity index (χ1) is 11.1. The van der Waals surface area contributed by atoms with Crippen LogP contribution in [0.3, 0.4) is 0 Å². The molecule has 0 aromatic heterocycles. The predicted octanol–water partition coefficient (Wildman–Crippen LogP) is 6.23. The molecule has 1 N–H and O–H groups in total. The van der Waals surface area contributed by atoms with Crippen LogP contribution in [0.5, 0.6) is 0 Å². The fourth-order valence-corrected chi connectivity index (χ4v) is 2.94. The van der Waals surface area contributed by atoms with Gasteiger partial charge in [0.25, 0.3) is 0 Å². The van der Waals surface area contributed by atoms with Crippen LogP contribution in [0, 0.1) is 16.2 Å². The molecule has 0 aliphatic rings. The molecular formula is C23H39NO. The SMILES string of the molecule is C=C/C(C)=C\C(=C/C(=C)C)CNC(=O)C(C)(CC(C)(C)C)C(C)(C)C. The van der Waals surface area contributed by atoms with E-state index in [1.165, 1.54) is 0 Å². The second-order valence-electron chi connectivity index (χ2n) is 9.66. The lowest BCUT2D eigenvalue weighted by molar-refractivity contribution is -0.138.